The van der Waals surface area contributed by atoms with Gasteiger partial charge in [0.2, 0.25) is 0 Å². The van der Waals surface area contributed by atoms with Gasteiger partial charge in [0.15, 0.2) is 0 Å². The first-order valence-electron chi connectivity index (χ1n) is 16.8. The van der Waals surface area contributed by atoms with Crippen LogP contribution in [0.3, 0.4) is 0 Å². The maximum atomic E-state index is 6.06. The molecule has 0 bridgehead atoms. The minimum Gasteiger partial charge on any atom is -0.381 e. The number of rotatable bonds is 17. The predicted octanol–water partition coefficient (Wildman–Crippen LogP) is 10.6. The van der Waals surface area contributed by atoms with E-state index in [0.717, 1.165) is 43.5 Å². The SMILES string of the molecule is C=C(C)C(CCCc1ccccc1)NC(=C)C(C)(C)N.C=CC(/C(C)=C/C=C\CC)N(C=C)C=C(C)C.CCC.CCCNC. The van der Waals surface area contributed by atoms with Crippen LogP contribution in [0.25, 0.3) is 0 Å². The van der Waals surface area contributed by atoms with Gasteiger partial charge in [-0.1, -0.05) is 120 Å². The van der Waals surface area contributed by atoms with Gasteiger partial charge in [-0.15, -0.1) is 6.58 Å². The fourth-order valence-corrected chi connectivity index (χ4v) is 3.79. The van der Waals surface area contributed by atoms with Crippen molar-refractivity contribution in [1.29, 1.82) is 0 Å². The molecule has 0 fully saturated rings. The van der Waals surface area contributed by atoms with Crippen LogP contribution < -0.4 is 16.4 Å². The molecular weight excluding hydrogens is 548 g/mol. The third-order valence-corrected chi connectivity index (χ3v) is 6.38. The van der Waals surface area contributed by atoms with Crippen molar-refractivity contribution < 1.29 is 0 Å². The van der Waals surface area contributed by atoms with E-state index in [4.69, 9.17) is 5.73 Å². The molecule has 256 valence electrons. The van der Waals surface area contributed by atoms with E-state index in [-0.39, 0.29) is 12.1 Å². The van der Waals surface area contributed by atoms with Gasteiger partial charge in [-0.3, -0.25) is 0 Å². The van der Waals surface area contributed by atoms with Crippen LogP contribution in [0.15, 0.2) is 116 Å². The first kappa shape index (κ1) is 46.3. The Bertz CT molecular complexity index is 986. The molecule has 0 radical (unpaired) electrons. The second kappa shape index (κ2) is 29.6. The zero-order valence-electron chi connectivity index (χ0n) is 31.3. The normalized spacial score (nSPS) is 12.0. The van der Waals surface area contributed by atoms with E-state index < -0.39 is 5.54 Å². The molecule has 0 aromatic heterocycles. The van der Waals surface area contributed by atoms with Crippen molar-refractivity contribution in [3.63, 3.8) is 0 Å². The second-order valence-electron chi connectivity index (χ2n) is 12.2. The summed E-state index contributed by atoms with van der Waals surface area (Å²) < 4.78 is 0. The Balaban J connectivity index is -0.000000638. The highest BCUT2D eigenvalue weighted by Crippen LogP contribution is 2.16. The summed E-state index contributed by atoms with van der Waals surface area (Å²) in [5.74, 6) is 0. The van der Waals surface area contributed by atoms with Crippen LogP contribution in [-0.4, -0.2) is 36.1 Å². The standard InChI is InChI=1S/C18H28N2.C16H25N.C4H11N.C3H8/c1-14(2)17(20-15(3)18(4,5)19)13-9-12-16-10-7-6-8-11-16;1-7-10-11-12-15(6)16(8-2)17(9-3)13-14(4)5;1-3-4-5-2;1-3-2/h6-8,10-11,17,20H,1,3,9,12-13,19H2,2,4-5H3;8-13,16H,2-3,7H2,1,4-6H3;5H,3-4H2,1-2H3;3H2,1-2H3/b;11-10-,15-12+;;. The molecule has 4 N–H and O–H groups in total. The van der Waals surface area contributed by atoms with Crippen LogP contribution >= 0.6 is 0 Å². The van der Waals surface area contributed by atoms with Crippen molar-refractivity contribution in [1.82, 2.24) is 15.5 Å². The lowest BCUT2D eigenvalue weighted by Gasteiger charge is -2.29. The Labute approximate surface area is 281 Å². The monoisotopic (exact) mass is 621 g/mol. The van der Waals surface area contributed by atoms with Gasteiger partial charge in [0.05, 0.1) is 6.04 Å². The summed E-state index contributed by atoms with van der Waals surface area (Å²) in [4.78, 5) is 2.08. The Kier molecular flexibility index (Phi) is 30.5. The zero-order valence-corrected chi connectivity index (χ0v) is 31.3. The Hall–Kier alpha value is -3.08. The van der Waals surface area contributed by atoms with Gasteiger partial charge in [0.1, 0.15) is 0 Å². The average Bonchev–Trinajstić information content (AvgIpc) is 2.98. The molecule has 0 amide bonds. The molecule has 0 saturated heterocycles. The van der Waals surface area contributed by atoms with Crippen molar-refractivity contribution in [2.75, 3.05) is 13.6 Å². The van der Waals surface area contributed by atoms with E-state index in [0.29, 0.717) is 0 Å². The maximum Gasteiger partial charge on any atom is 0.0721 e. The molecular formula is C41H72N4. The van der Waals surface area contributed by atoms with Crippen molar-refractivity contribution in [2.24, 2.45) is 5.73 Å². The summed E-state index contributed by atoms with van der Waals surface area (Å²) in [6.07, 6.45) is 19.0. The zero-order chi connectivity index (χ0) is 35.3. The predicted molar refractivity (Wildman–Crippen MR) is 207 cm³/mol. The van der Waals surface area contributed by atoms with E-state index >= 15 is 0 Å². The lowest BCUT2D eigenvalue weighted by atomic mass is 9.97. The number of benzene rings is 1. The van der Waals surface area contributed by atoms with Gasteiger partial charge >= 0.3 is 0 Å². The molecule has 0 aliphatic carbocycles. The van der Waals surface area contributed by atoms with E-state index in [9.17, 15) is 0 Å². The van der Waals surface area contributed by atoms with Crippen molar-refractivity contribution >= 4 is 0 Å². The van der Waals surface area contributed by atoms with E-state index in [1.54, 1.807) is 0 Å². The summed E-state index contributed by atoms with van der Waals surface area (Å²) in [5.41, 5.74) is 11.5. The highest BCUT2D eigenvalue weighted by atomic mass is 15.1. The van der Waals surface area contributed by atoms with E-state index in [1.807, 2.05) is 33.2 Å². The van der Waals surface area contributed by atoms with Crippen molar-refractivity contribution in [2.45, 2.75) is 125 Å². The van der Waals surface area contributed by atoms with Crippen molar-refractivity contribution in [3.8, 4) is 0 Å². The molecule has 4 nitrogen and oxygen atoms in total. The van der Waals surface area contributed by atoms with Crippen LogP contribution in [-0.2, 0) is 6.42 Å². The number of aryl methyl sites for hydroxylation is 1. The quantitative estimate of drug-likeness (QED) is 0.120. The molecule has 1 rings (SSSR count). The summed E-state index contributed by atoms with van der Waals surface area (Å²) in [6, 6.07) is 11.0. The number of nitrogens with one attached hydrogen (secondary N) is 2. The summed E-state index contributed by atoms with van der Waals surface area (Å²) in [7, 11) is 1.96. The van der Waals surface area contributed by atoms with Gasteiger partial charge in [-0.05, 0) is 105 Å². The van der Waals surface area contributed by atoms with E-state index in [1.165, 1.54) is 29.6 Å². The molecule has 2 unspecified atom stereocenters. The highest BCUT2D eigenvalue weighted by molar-refractivity contribution is 5.23. The number of hydrogen-bond acceptors (Lipinski definition) is 4. The molecule has 4 heteroatoms. The van der Waals surface area contributed by atoms with E-state index in [2.05, 4.69) is 152 Å². The molecule has 0 spiro atoms. The van der Waals surface area contributed by atoms with Gasteiger partial charge in [-0.2, -0.15) is 0 Å². The third-order valence-electron chi connectivity index (χ3n) is 6.38. The number of allylic oxidation sites excluding steroid dienone is 4. The highest BCUT2D eigenvalue weighted by Gasteiger charge is 2.19. The lowest BCUT2D eigenvalue weighted by molar-refractivity contribution is 0.468. The average molecular weight is 621 g/mol. The van der Waals surface area contributed by atoms with Gasteiger partial charge < -0.3 is 21.3 Å². The third kappa shape index (κ3) is 27.0. The second-order valence-corrected chi connectivity index (χ2v) is 12.2. The molecule has 0 aliphatic rings. The molecule has 0 aliphatic heterocycles. The number of nitrogens with zero attached hydrogens (tertiary/aromatic N) is 1. The van der Waals surface area contributed by atoms with Crippen LogP contribution in [0.2, 0.25) is 0 Å². The number of hydrogen-bond donors (Lipinski definition) is 3. The lowest BCUT2D eigenvalue weighted by Crippen LogP contribution is -2.44. The summed E-state index contributed by atoms with van der Waals surface area (Å²) in [5, 5.41) is 6.44. The Morgan fingerprint density at radius 1 is 1.00 bits per heavy atom. The van der Waals surface area contributed by atoms with Gasteiger partial charge in [0.25, 0.3) is 0 Å². The largest absolute Gasteiger partial charge is 0.381 e. The first-order chi connectivity index (χ1) is 21.2. The molecule has 45 heavy (non-hydrogen) atoms. The van der Waals surface area contributed by atoms with Gasteiger partial charge in [0, 0.05) is 23.5 Å². The number of nitrogens with two attached hydrogens (primary N) is 1. The fourth-order valence-electron chi connectivity index (χ4n) is 3.79. The molecule has 1 aromatic carbocycles. The van der Waals surface area contributed by atoms with Crippen LogP contribution in [0.5, 0.6) is 0 Å². The molecule has 0 heterocycles. The maximum absolute atomic E-state index is 6.06. The fraction of sp³-hybridized carbons (Fsp3) is 0.512. The summed E-state index contributed by atoms with van der Waals surface area (Å²) in [6.45, 7) is 37.8. The first-order valence-corrected chi connectivity index (χ1v) is 16.8. The summed E-state index contributed by atoms with van der Waals surface area (Å²) >= 11 is 0. The van der Waals surface area contributed by atoms with Crippen LogP contribution in [0, 0.1) is 0 Å². The Morgan fingerprint density at radius 3 is 1.96 bits per heavy atom. The Morgan fingerprint density at radius 2 is 1.58 bits per heavy atom. The molecule has 2 atom stereocenters. The topological polar surface area (TPSA) is 53.3 Å². The minimum absolute atomic E-state index is 0.170. The van der Waals surface area contributed by atoms with Crippen LogP contribution in [0.1, 0.15) is 107 Å². The van der Waals surface area contributed by atoms with Gasteiger partial charge in [-0.25, -0.2) is 0 Å². The molecule has 0 saturated carbocycles. The molecule has 1 aromatic rings. The smallest absolute Gasteiger partial charge is 0.0721 e. The minimum atomic E-state index is -0.410. The van der Waals surface area contributed by atoms with Crippen molar-refractivity contribution in [3.05, 3.63) is 121 Å². The van der Waals surface area contributed by atoms with Crippen LogP contribution in [0.4, 0.5) is 0 Å².